The minimum atomic E-state index is -0.489. The van der Waals surface area contributed by atoms with Gasteiger partial charge in [-0.2, -0.15) is 4.98 Å². The summed E-state index contributed by atoms with van der Waals surface area (Å²) in [6.45, 7) is 2.52. The molecule has 4 N–H and O–H groups in total. The van der Waals surface area contributed by atoms with Crippen LogP contribution in [0.3, 0.4) is 0 Å². The van der Waals surface area contributed by atoms with Gasteiger partial charge in [-0.15, -0.1) is 0 Å². The summed E-state index contributed by atoms with van der Waals surface area (Å²) in [7, 11) is 1.57. The quantitative estimate of drug-likeness (QED) is 0.402. The lowest BCUT2D eigenvalue weighted by Crippen LogP contribution is -2.38. The van der Waals surface area contributed by atoms with Crippen LogP contribution >= 0.6 is 11.6 Å². The Morgan fingerprint density at radius 2 is 1.97 bits per heavy atom. The normalized spacial score (nSPS) is 15.7. The molecule has 2 aromatic carbocycles. The van der Waals surface area contributed by atoms with Gasteiger partial charge in [-0.25, -0.2) is 9.37 Å². The molecule has 1 atom stereocenters. The van der Waals surface area contributed by atoms with E-state index < -0.39 is 11.9 Å². The van der Waals surface area contributed by atoms with Crippen LogP contribution in [0.4, 0.5) is 21.8 Å². The minimum absolute atomic E-state index is 0.104. The van der Waals surface area contributed by atoms with E-state index >= 15 is 4.39 Å². The van der Waals surface area contributed by atoms with Crippen LogP contribution in [0.15, 0.2) is 42.6 Å². The third kappa shape index (κ3) is 5.68. The molecule has 3 aromatic rings. The van der Waals surface area contributed by atoms with Crippen molar-refractivity contribution in [2.75, 3.05) is 24.2 Å². The molecular formula is C25H26ClFN6O2. The Morgan fingerprint density at radius 3 is 2.71 bits per heavy atom. The fraction of sp³-hybridized carbons (Fsp3) is 0.280. The van der Waals surface area contributed by atoms with Crippen LogP contribution in [0.25, 0.3) is 11.1 Å². The number of carbonyl (C=O) groups is 2. The summed E-state index contributed by atoms with van der Waals surface area (Å²) >= 11 is 6.25. The average Bonchev–Trinajstić information content (AvgIpc) is 3.06. The number of rotatable bonds is 6. The molecule has 0 radical (unpaired) electrons. The standard InChI is InChI=1S/C25H26ClFN6O2/c1-14-11-21(19(27)12-17(14)15-6-8-16(9-7-15)23(34)28-2)32-25-30-13-18(26)22(33-25)31-20-5-3-4-10-29-24(20)35/h6-9,11-13,20H,3-5,10H2,1-2H3,(H,28,34)(H,29,35)(H2,30,31,32,33). The second-order valence-corrected chi connectivity index (χ2v) is 8.71. The number of benzene rings is 2. The second-order valence-electron chi connectivity index (χ2n) is 8.30. The summed E-state index contributed by atoms with van der Waals surface area (Å²) in [5.74, 6) is -0.330. The van der Waals surface area contributed by atoms with E-state index in [9.17, 15) is 9.59 Å². The third-order valence-electron chi connectivity index (χ3n) is 5.84. The molecule has 35 heavy (non-hydrogen) atoms. The summed E-state index contributed by atoms with van der Waals surface area (Å²) in [5.41, 5.74) is 3.04. The molecule has 0 saturated carbocycles. The van der Waals surface area contributed by atoms with E-state index in [0.29, 0.717) is 29.9 Å². The van der Waals surface area contributed by atoms with E-state index in [1.165, 1.54) is 12.3 Å². The molecule has 1 unspecified atom stereocenters. The molecule has 182 valence electrons. The average molecular weight is 497 g/mol. The van der Waals surface area contributed by atoms with E-state index in [-0.39, 0.29) is 28.5 Å². The maximum atomic E-state index is 15.0. The molecule has 10 heteroatoms. The number of nitrogens with zero attached hydrogens (tertiary/aromatic N) is 2. The molecular weight excluding hydrogens is 471 g/mol. The highest BCUT2D eigenvalue weighted by Crippen LogP contribution is 2.30. The number of nitrogens with one attached hydrogen (secondary N) is 4. The van der Waals surface area contributed by atoms with Crippen LogP contribution in [0.5, 0.6) is 0 Å². The minimum Gasteiger partial charge on any atom is -0.357 e. The molecule has 0 bridgehead atoms. The molecule has 8 nitrogen and oxygen atoms in total. The van der Waals surface area contributed by atoms with E-state index in [2.05, 4.69) is 31.2 Å². The number of carbonyl (C=O) groups excluding carboxylic acids is 2. The molecule has 1 aliphatic heterocycles. The van der Waals surface area contributed by atoms with Crippen molar-refractivity contribution >= 4 is 40.9 Å². The molecule has 0 aliphatic carbocycles. The fourth-order valence-electron chi connectivity index (χ4n) is 3.92. The van der Waals surface area contributed by atoms with E-state index in [1.54, 1.807) is 37.4 Å². The molecule has 1 saturated heterocycles. The Kier molecular flexibility index (Phi) is 7.45. The zero-order valence-corrected chi connectivity index (χ0v) is 20.2. The lowest BCUT2D eigenvalue weighted by molar-refractivity contribution is -0.121. The molecule has 2 heterocycles. The number of halogens is 2. The Bertz CT molecular complexity index is 1250. The van der Waals surface area contributed by atoms with Gasteiger partial charge in [0.25, 0.3) is 5.91 Å². The molecule has 1 aliphatic rings. The SMILES string of the molecule is CNC(=O)c1ccc(-c2cc(F)c(Nc3ncc(Cl)c(NC4CCCCNC4=O)n3)cc2C)cc1. The van der Waals surface area contributed by atoms with Crippen molar-refractivity contribution in [1.29, 1.82) is 0 Å². The first-order valence-electron chi connectivity index (χ1n) is 11.3. The summed E-state index contributed by atoms with van der Waals surface area (Å²) < 4.78 is 15.0. The van der Waals surface area contributed by atoms with Gasteiger partial charge < -0.3 is 21.3 Å². The maximum absolute atomic E-state index is 15.0. The Balaban J connectivity index is 1.54. The van der Waals surface area contributed by atoms with Gasteiger partial charge in [0, 0.05) is 19.2 Å². The van der Waals surface area contributed by atoms with Gasteiger partial charge in [0.15, 0.2) is 5.82 Å². The third-order valence-corrected chi connectivity index (χ3v) is 6.11. The van der Waals surface area contributed by atoms with Gasteiger partial charge in [-0.1, -0.05) is 23.7 Å². The Hall–Kier alpha value is -3.72. The number of aryl methyl sites for hydroxylation is 1. The van der Waals surface area contributed by atoms with Crippen LogP contribution < -0.4 is 21.3 Å². The van der Waals surface area contributed by atoms with E-state index in [1.807, 2.05) is 6.92 Å². The lowest BCUT2D eigenvalue weighted by Gasteiger charge is -2.17. The smallest absolute Gasteiger partial charge is 0.251 e. The van der Waals surface area contributed by atoms with Crippen molar-refractivity contribution in [3.8, 4) is 11.1 Å². The fourth-order valence-corrected chi connectivity index (χ4v) is 4.07. The van der Waals surface area contributed by atoms with Crippen molar-refractivity contribution in [3.63, 3.8) is 0 Å². The van der Waals surface area contributed by atoms with Gasteiger partial charge in [-0.3, -0.25) is 9.59 Å². The van der Waals surface area contributed by atoms with Gasteiger partial charge >= 0.3 is 0 Å². The maximum Gasteiger partial charge on any atom is 0.251 e. The van der Waals surface area contributed by atoms with Crippen LogP contribution in [-0.2, 0) is 4.79 Å². The highest BCUT2D eigenvalue weighted by Gasteiger charge is 2.22. The first-order valence-corrected chi connectivity index (χ1v) is 11.7. The zero-order valence-electron chi connectivity index (χ0n) is 19.4. The molecule has 2 amide bonds. The lowest BCUT2D eigenvalue weighted by atomic mass is 9.98. The van der Waals surface area contributed by atoms with Gasteiger partial charge in [0.2, 0.25) is 11.9 Å². The predicted molar refractivity (Wildman–Crippen MR) is 135 cm³/mol. The highest BCUT2D eigenvalue weighted by molar-refractivity contribution is 6.32. The topological polar surface area (TPSA) is 108 Å². The Labute approximate surface area is 207 Å². The molecule has 1 aromatic heterocycles. The largest absolute Gasteiger partial charge is 0.357 e. The van der Waals surface area contributed by atoms with Crippen LogP contribution in [-0.4, -0.2) is 41.4 Å². The van der Waals surface area contributed by atoms with E-state index in [4.69, 9.17) is 11.6 Å². The number of aromatic nitrogens is 2. The van der Waals surface area contributed by atoms with Gasteiger partial charge in [-0.05, 0) is 67.1 Å². The molecule has 4 rings (SSSR count). The van der Waals surface area contributed by atoms with Crippen molar-refractivity contribution in [1.82, 2.24) is 20.6 Å². The van der Waals surface area contributed by atoms with Crippen molar-refractivity contribution in [2.24, 2.45) is 0 Å². The highest BCUT2D eigenvalue weighted by atomic mass is 35.5. The van der Waals surface area contributed by atoms with Crippen molar-refractivity contribution in [3.05, 3.63) is 64.6 Å². The monoisotopic (exact) mass is 496 g/mol. The number of anilines is 3. The number of hydrogen-bond donors (Lipinski definition) is 4. The van der Waals surface area contributed by atoms with E-state index in [0.717, 1.165) is 24.0 Å². The van der Waals surface area contributed by atoms with Crippen LogP contribution in [0, 0.1) is 12.7 Å². The van der Waals surface area contributed by atoms with Gasteiger partial charge in [0.05, 0.1) is 11.9 Å². The first kappa shape index (κ1) is 24.4. The van der Waals surface area contributed by atoms with Crippen LogP contribution in [0.2, 0.25) is 5.02 Å². The first-order chi connectivity index (χ1) is 16.9. The molecule has 0 spiro atoms. The van der Waals surface area contributed by atoms with Gasteiger partial charge in [0.1, 0.15) is 16.9 Å². The summed E-state index contributed by atoms with van der Waals surface area (Å²) in [5, 5.41) is 11.7. The molecule has 1 fully saturated rings. The van der Waals surface area contributed by atoms with Crippen molar-refractivity contribution in [2.45, 2.75) is 32.2 Å². The predicted octanol–water partition coefficient (Wildman–Crippen LogP) is 4.43. The Morgan fingerprint density at radius 1 is 1.20 bits per heavy atom. The van der Waals surface area contributed by atoms with Crippen molar-refractivity contribution < 1.29 is 14.0 Å². The second kappa shape index (κ2) is 10.7. The summed E-state index contributed by atoms with van der Waals surface area (Å²) in [6.07, 6.45) is 3.88. The number of amides is 2. The summed E-state index contributed by atoms with van der Waals surface area (Å²) in [6, 6.07) is 9.60. The summed E-state index contributed by atoms with van der Waals surface area (Å²) in [4.78, 5) is 32.5. The zero-order chi connectivity index (χ0) is 24.9. The van der Waals surface area contributed by atoms with Crippen LogP contribution in [0.1, 0.15) is 35.2 Å². The number of hydrogen-bond acceptors (Lipinski definition) is 6.